The average molecular weight is 491 g/mol. The topological polar surface area (TPSA) is 94.6 Å². The summed E-state index contributed by atoms with van der Waals surface area (Å²) in [5, 5.41) is 9.78. The van der Waals surface area contributed by atoms with Crippen LogP contribution in [-0.4, -0.2) is 13.1 Å². The summed E-state index contributed by atoms with van der Waals surface area (Å²) >= 11 is 3.48. The number of carbonyl (C=O) groups is 1. The quantitative estimate of drug-likeness (QED) is 0.406. The summed E-state index contributed by atoms with van der Waals surface area (Å²) in [4.78, 5) is 12.4. The van der Waals surface area contributed by atoms with Crippen LogP contribution in [0.2, 0.25) is 0 Å². The van der Waals surface area contributed by atoms with Gasteiger partial charge >= 0.3 is 5.97 Å². The highest BCUT2D eigenvalue weighted by atomic mass is 79.9. The Kier molecular flexibility index (Phi) is 6.15. The van der Waals surface area contributed by atoms with Crippen LogP contribution in [0.25, 0.3) is 0 Å². The van der Waals surface area contributed by atoms with Gasteiger partial charge in [-0.15, -0.1) is 0 Å². The van der Waals surface area contributed by atoms with Gasteiger partial charge in [-0.25, -0.2) is 0 Å². The van der Waals surface area contributed by atoms with E-state index in [1.165, 1.54) is 0 Å². The fourth-order valence-corrected chi connectivity index (χ4v) is 4.06. The molecule has 0 fully saturated rings. The van der Waals surface area contributed by atoms with Crippen molar-refractivity contribution in [2.24, 2.45) is 5.73 Å². The number of methoxy groups -OCH3 is 1. The molecule has 0 radical (unpaired) electrons. The maximum atomic E-state index is 12.4. The van der Waals surface area contributed by atoms with Gasteiger partial charge in [0.1, 0.15) is 28.9 Å². The molecule has 1 unspecified atom stereocenters. The molecule has 0 aliphatic carbocycles. The standard InChI is InChI=1S/C25H19BrN2O4/c1-30-21-10-7-16(26)12-19(21)24-18-9-8-17(13-22(18)32-25(28)20(24)14-27)31-23(29)11-15-5-3-2-4-6-15/h2-10,12-13,24H,11,28H2,1H3. The third kappa shape index (κ3) is 4.32. The molecule has 0 spiro atoms. The molecule has 1 aliphatic heterocycles. The predicted molar refractivity (Wildman–Crippen MR) is 122 cm³/mol. The zero-order chi connectivity index (χ0) is 22.7. The second-order valence-corrected chi connectivity index (χ2v) is 8.06. The SMILES string of the molecule is COc1ccc(Br)cc1C1C(C#N)=C(N)Oc2cc(OC(=O)Cc3ccccc3)ccc21. The van der Waals surface area contributed by atoms with Crippen molar-refractivity contribution in [3.05, 3.63) is 99.3 Å². The van der Waals surface area contributed by atoms with Crippen molar-refractivity contribution < 1.29 is 19.0 Å². The van der Waals surface area contributed by atoms with Crippen molar-refractivity contribution in [3.63, 3.8) is 0 Å². The Hall–Kier alpha value is -3.76. The first-order valence-corrected chi connectivity index (χ1v) is 10.6. The van der Waals surface area contributed by atoms with Gasteiger partial charge < -0.3 is 19.9 Å². The average Bonchev–Trinajstić information content (AvgIpc) is 2.78. The molecule has 32 heavy (non-hydrogen) atoms. The molecule has 0 bridgehead atoms. The lowest BCUT2D eigenvalue weighted by Crippen LogP contribution is -2.21. The van der Waals surface area contributed by atoms with Crippen LogP contribution in [0.5, 0.6) is 17.2 Å². The van der Waals surface area contributed by atoms with Crippen LogP contribution in [0.1, 0.15) is 22.6 Å². The van der Waals surface area contributed by atoms with Crippen LogP contribution in [0.15, 0.2) is 82.7 Å². The number of ether oxygens (including phenoxy) is 3. The van der Waals surface area contributed by atoms with Crippen LogP contribution in [-0.2, 0) is 11.2 Å². The molecular formula is C25H19BrN2O4. The number of esters is 1. The van der Waals surface area contributed by atoms with Crippen LogP contribution in [0, 0.1) is 11.3 Å². The van der Waals surface area contributed by atoms with Gasteiger partial charge in [-0.05, 0) is 29.8 Å². The number of nitrogens with zero attached hydrogens (tertiary/aromatic N) is 1. The predicted octanol–water partition coefficient (Wildman–Crippen LogP) is 4.82. The summed E-state index contributed by atoms with van der Waals surface area (Å²) in [6, 6.07) is 22.1. The Bertz CT molecular complexity index is 1250. The summed E-state index contributed by atoms with van der Waals surface area (Å²) in [5.41, 5.74) is 8.71. The largest absolute Gasteiger partial charge is 0.496 e. The second kappa shape index (κ2) is 9.16. The van der Waals surface area contributed by atoms with Crippen molar-refractivity contribution in [3.8, 4) is 23.3 Å². The number of hydrogen-bond acceptors (Lipinski definition) is 6. The number of hydrogen-bond donors (Lipinski definition) is 1. The fourth-order valence-electron chi connectivity index (χ4n) is 3.68. The van der Waals surface area contributed by atoms with Gasteiger partial charge in [-0.1, -0.05) is 52.3 Å². The van der Waals surface area contributed by atoms with E-state index in [9.17, 15) is 10.1 Å². The van der Waals surface area contributed by atoms with Crippen LogP contribution in [0.4, 0.5) is 0 Å². The third-order valence-electron chi connectivity index (χ3n) is 5.12. The van der Waals surface area contributed by atoms with Gasteiger partial charge in [0.05, 0.1) is 19.4 Å². The molecule has 1 aliphatic rings. The molecule has 1 atom stereocenters. The molecule has 6 nitrogen and oxygen atoms in total. The summed E-state index contributed by atoms with van der Waals surface area (Å²) in [5.74, 6) is 0.477. The number of rotatable bonds is 5. The van der Waals surface area contributed by atoms with E-state index in [4.69, 9.17) is 19.9 Å². The summed E-state index contributed by atoms with van der Waals surface area (Å²) < 4.78 is 17.6. The summed E-state index contributed by atoms with van der Waals surface area (Å²) in [6.07, 6.45) is 0.150. The van der Waals surface area contributed by atoms with E-state index < -0.39 is 11.9 Å². The van der Waals surface area contributed by atoms with Gasteiger partial charge in [0.15, 0.2) is 0 Å². The molecule has 0 amide bonds. The van der Waals surface area contributed by atoms with Gasteiger partial charge in [-0.2, -0.15) is 5.26 Å². The van der Waals surface area contributed by atoms with Crippen LogP contribution < -0.4 is 19.9 Å². The molecule has 7 heteroatoms. The van der Waals surface area contributed by atoms with Crippen LogP contribution in [0.3, 0.4) is 0 Å². The number of benzene rings is 3. The smallest absolute Gasteiger partial charge is 0.315 e. The van der Waals surface area contributed by atoms with E-state index in [1.807, 2.05) is 48.5 Å². The van der Waals surface area contributed by atoms with Crippen molar-refractivity contribution in [2.45, 2.75) is 12.3 Å². The first-order valence-electron chi connectivity index (χ1n) is 9.79. The number of allylic oxidation sites excluding steroid dienone is 1. The zero-order valence-electron chi connectivity index (χ0n) is 17.2. The molecule has 1 heterocycles. The van der Waals surface area contributed by atoms with E-state index in [0.29, 0.717) is 17.2 Å². The molecule has 4 rings (SSSR count). The maximum Gasteiger partial charge on any atom is 0.315 e. The van der Waals surface area contributed by atoms with Crippen molar-refractivity contribution in [2.75, 3.05) is 7.11 Å². The first-order chi connectivity index (χ1) is 15.5. The lowest BCUT2D eigenvalue weighted by atomic mass is 9.83. The minimum Gasteiger partial charge on any atom is -0.496 e. The molecule has 3 aromatic carbocycles. The second-order valence-electron chi connectivity index (χ2n) is 7.15. The number of nitrogens with two attached hydrogens (primary N) is 1. The van der Waals surface area contributed by atoms with E-state index in [2.05, 4.69) is 22.0 Å². The molecule has 0 aromatic heterocycles. The van der Waals surface area contributed by atoms with Crippen molar-refractivity contribution >= 4 is 21.9 Å². The molecule has 3 aromatic rings. The molecular weight excluding hydrogens is 472 g/mol. The highest BCUT2D eigenvalue weighted by molar-refractivity contribution is 9.10. The molecule has 0 saturated heterocycles. The molecule has 160 valence electrons. The lowest BCUT2D eigenvalue weighted by Gasteiger charge is -2.27. The summed E-state index contributed by atoms with van der Waals surface area (Å²) in [7, 11) is 1.57. The number of halogens is 1. The zero-order valence-corrected chi connectivity index (χ0v) is 18.8. The normalized spacial score (nSPS) is 14.7. The first kappa shape index (κ1) is 21.5. The Morgan fingerprint density at radius 3 is 2.62 bits per heavy atom. The van der Waals surface area contributed by atoms with Crippen molar-refractivity contribution in [1.29, 1.82) is 5.26 Å². The number of fused-ring (bicyclic) bond motifs is 1. The van der Waals surface area contributed by atoms with E-state index in [0.717, 1.165) is 21.2 Å². The Labute approximate surface area is 194 Å². The third-order valence-corrected chi connectivity index (χ3v) is 5.61. The number of carbonyl (C=O) groups excluding carboxylic acids is 1. The monoisotopic (exact) mass is 490 g/mol. The Balaban J connectivity index is 1.68. The van der Waals surface area contributed by atoms with Gasteiger partial charge in [0.2, 0.25) is 5.88 Å². The van der Waals surface area contributed by atoms with Gasteiger partial charge in [0, 0.05) is 21.7 Å². The van der Waals surface area contributed by atoms with E-state index in [-0.39, 0.29) is 17.9 Å². The summed E-state index contributed by atoms with van der Waals surface area (Å²) in [6.45, 7) is 0. The van der Waals surface area contributed by atoms with Gasteiger partial charge in [0.25, 0.3) is 0 Å². The lowest BCUT2D eigenvalue weighted by molar-refractivity contribution is -0.133. The Morgan fingerprint density at radius 2 is 1.91 bits per heavy atom. The van der Waals surface area contributed by atoms with E-state index in [1.54, 1.807) is 25.3 Å². The Morgan fingerprint density at radius 1 is 1.12 bits per heavy atom. The minimum absolute atomic E-state index is 0.000194. The van der Waals surface area contributed by atoms with E-state index >= 15 is 0 Å². The van der Waals surface area contributed by atoms with Crippen molar-refractivity contribution in [1.82, 2.24) is 0 Å². The number of nitriles is 1. The van der Waals surface area contributed by atoms with Gasteiger partial charge in [-0.3, -0.25) is 4.79 Å². The highest BCUT2D eigenvalue weighted by Crippen LogP contribution is 2.46. The minimum atomic E-state index is -0.495. The van der Waals surface area contributed by atoms with Crippen LogP contribution >= 0.6 is 15.9 Å². The molecule has 0 saturated carbocycles. The fraction of sp³-hybridized carbons (Fsp3) is 0.120. The maximum absolute atomic E-state index is 12.4. The molecule has 2 N–H and O–H groups in total. The highest BCUT2D eigenvalue weighted by Gasteiger charge is 2.33.